The van der Waals surface area contributed by atoms with Crippen LogP contribution in [0.4, 0.5) is 14.9 Å². The monoisotopic (exact) mass is 300 g/mol. The number of unbranched alkanes of at least 4 members (excludes halogenated alkanes) is 1. The van der Waals surface area contributed by atoms with E-state index in [2.05, 4.69) is 10.6 Å². The molecule has 0 saturated heterocycles. The molecule has 0 bridgehead atoms. The molecule has 0 aromatic heterocycles. The zero-order valence-electron chi connectivity index (χ0n) is 11.1. The molecule has 0 aliphatic carbocycles. The van der Waals surface area contributed by atoms with Crippen molar-refractivity contribution in [2.45, 2.75) is 12.8 Å². The van der Waals surface area contributed by atoms with Crippen molar-refractivity contribution >= 4 is 29.4 Å². The van der Waals surface area contributed by atoms with Crippen LogP contribution in [0.25, 0.3) is 0 Å². The molecule has 1 aromatic rings. The average Bonchev–Trinajstić information content (AvgIpc) is 2.40. The first kappa shape index (κ1) is 16.3. The lowest BCUT2D eigenvalue weighted by molar-refractivity contribution is 0.0697. The Hall–Kier alpha value is -1.76. The van der Waals surface area contributed by atoms with Gasteiger partial charge in [0.15, 0.2) is 0 Å². The van der Waals surface area contributed by atoms with E-state index in [1.54, 1.807) is 11.8 Å². The molecule has 0 spiro atoms. The number of nitrogens with one attached hydrogen (secondary N) is 2. The maximum absolute atomic E-state index is 13.0. The van der Waals surface area contributed by atoms with Gasteiger partial charge in [-0.15, -0.1) is 0 Å². The van der Waals surface area contributed by atoms with E-state index in [4.69, 9.17) is 5.11 Å². The Morgan fingerprint density at radius 3 is 2.75 bits per heavy atom. The number of hydrogen-bond donors (Lipinski definition) is 3. The Balaban J connectivity index is 2.51. The van der Waals surface area contributed by atoms with Gasteiger partial charge in [0.1, 0.15) is 5.82 Å². The summed E-state index contributed by atoms with van der Waals surface area (Å²) in [4.78, 5) is 22.5. The number of carbonyl (C=O) groups is 2. The molecule has 0 atom stereocenters. The van der Waals surface area contributed by atoms with Gasteiger partial charge >= 0.3 is 12.0 Å². The van der Waals surface area contributed by atoms with Crippen molar-refractivity contribution in [3.8, 4) is 0 Å². The Bertz CT molecular complexity index is 483. The molecule has 0 radical (unpaired) electrons. The highest BCUT2D eigenvalue weighted by atomic mass is 32.2. The van der Waals surface area contributed by atoms with Crippen molar-refractivity contribution in [2.24, 2.45) is 0 Å². The van der Waals surface area contributed by atoms with Crippen LogP contribution in [0.15, 0.2) is 18.2 Å². The number of benzene rings is 1. The van der Waals surface area contributed by atoms with Gasteiger partial charge in [-0.25, -0.2) is 14.0 Å². The standard InChI is InChI=1S/C13H17FN2O3S/c1-20-7-3-2-6-15-13(19)16-11-5-4-9(14)8-10(11)12(17)18/h4-5,8H,2-3,6-7H2,1H3,(H,17,18)(H2,15,16,19). The van der Waals surface area contributed by atoms with Crippen molar-refractivity contribution in [2.75, 3.05) is 23.9 Å². The molecule has 3 N–H and O–H groups in total. The number of carboxylic acid groups (broad SMARTS) is 1. The third-order valence-electron chi connectivity index (χ3n) is 2.52. The van der Waals surface area contributed by atoms with E-state index in [1.165, 1.54) is 6.07 Å². The van der Waals surface area contributed by atoms with Gasteiger partial charge < -0.3 is 15.7 Å². The summed E-state index contributed by atoms with van der Waals surface area (Å²) >= 11 is 1.74. The first-order valence-corrected chi connectivity index (χ1v) is 7.50. The molecule has 1 rings (SSSR count). The molecular formula is C13H17FN2O3S. The number of carbonyl (C=O) groups excluding carboxylic acids is 1. The molecule has 0 heterocycles. The number of carboxylic acids is 1. The number of amides is 2. The molecule has 0 fully saturated rings. The second-order valence-electron chi connectivity index (χ2n) is 4.08. The smallest absolute Gasteiger partial charge is 0.337 e. The summed E-state index contributed by atoms with van der Waals surface area (Å²) in [6.45, 7) is 0.510. The molecule has 0 saturated carbocycles. The summed E-state index contributed by atoms with van der Waals surface area (Å²) < 4.78 is 13.0. The van der Waals surface area contributed by atoms with Crippen molar-refractivity contribution in [3.63, 3.8) is 0 Å². The Morgan fingerprint density at radius 2 is 2.10 bits per heavy atom. The fourth-order valence-electron chi connectivity index (χ4n) is 1.54. The number of hydrogen-bond acceptors (Lipinski definition) is 3. The van der Waals surface area contributed by atoms with Crippen LogP contribution in [-0.4, -0.2) is 35.7 Å². The molecule has 7 heteroatoms. The maximum atomic E-state index is 13.0. The van der Waals surface area contributed by atoms with Gasteiger partial charge in [0.25, 0.3) is 0 Å². The zero-order chi connectivity index (χ0) is 15.0. The molecule has 0 aliphatic rings. The van der Waals surface area contributed by atoms with Gasteiger partial charge in [-0.05, 0) is 43.0 Å². The predicted octanol–water partition coefficient (Wildman–Crippen LogP) is 2.79. The first-order valence-electron chi connectivity index (χ1n) is 6.11. The van der Waals surface area contributed by atoms with Crippen molar-refractivity contribution in [1.29, 1.82) is 0 Å². The second-order valence-corrected chi connectivity index (χ2v) is 5.06. The highest BCUT2D eigenvalue weighted by Crippen LogP contribution is 2.16. The molecule has 0 aliphatic heterocycles. The minimum atomic E-state index is -1.29. The van der Waals surface area contributed by atoms with Gasteiger partial charge in [0, 0.05) is 6.54 Å². The van der Waals surface area contributed by atoms with Crippen molar-refractivity contribution in [1.82, 2.24) is 5.32 Å². The summed E-state index contributed by atoms with van der Waals surface area (Å²) in [5.41, 5.74) is -0.206. The molecule has 0 unspecified atom stereocenters. The first-order chi connectivity index (χ1) is 9.54. The number of urea groups is 1. The van der Waals surface area contributed by atoms with Crippen LogP contribution in [0.5, 0.6) is 0 Å². The summed E-state index contributed by atoms with van der Waals surface area (Å²) in [6, 6.07) is 2.70. The minimum absolute atomic E-state index is 0.0699. The fraction of sp³-hybridized carbons (Fsp3) is 0.385. The molecular weight excluding hydrogens is 283 g/mol. The summed E-state index contributed by atoms with van der Waals surface area (Å²) in [5.74, 6) is -0.921. The highest BCUT2D eigenvalue weighted by Gasteiger charge is 2.13. The van der Waals surface area contributed by atoms with Gasteiger partial charge in [-0.1, -0.05) is 0 Å². The zero-order valence-corrected chi connectivity index (χ0v) is 11.9. The molecule has 20 heavy (non-hydrogen) atoms. The number of anilines is 1. The van der Waals surface area contributed by atoms with Gasteiger partial charge in [-0.2, -0.15) is 11.8 Å². The van der Waals surface area contributed by atoms with Gasteiger partial charge in [0.2, 0.25) is 0 Å². The Morgan fingerprint density at radius 1 is 1.35 bits per heavy atom. The molecule has 2 amide bonds. The van der Waals surface area contributed by atoms with Crippen LogP contribution in [0, 0.1) is 5.82 Å². The topological polar surface area (TPSA) is 78.4 Å². The lowest BCUT2D eigenvalue weighted by Crippen LogP contribution is -2.30. The largest absolute Gasteiger partial charge is 0.478 e. The fourth-order valence-corrected chi connectivity index (χ4v) is 2.04. The number of thioether (sulfide) groups is 1. The van der Waals surface area contributed by atoms with E-state index >= 15 is 0 Å². The number of rotatable bonds is 7. The van der Waals surface area contributed by atoms with E-state index in [1.807, 2.05) is 6.26 Å². The molecule has 5 nitrogen and oxygen atoms in total. The summed E-state index contributed by atoms with van der Waals surface area (Å²) in [7, 11) is 0. The quantitative estimate of drug-likeness (QED) is 0.677. The number of aromatic carboxylic acids is 1. The second kappa shape index (κ2) is 8.42. The number of halogens is 1. The third kappa shape index (κ3) is 5.48. The molecule has 110 valence electrons. The van der Waals surface area contributed by atoms with Gasteiger partial charge in [0.05, 0.1) is 11.3 Å². The Kier molecular flexibility index (Phi) is 6.86. The Labute approximate surface area is 120 Å². The summed E-state index contributed by atoms with van der Waals surface area (Å²) in [6.07, 6.45) is 3.87. The third-order valence-corrected chi connectivity index (χ3v) is 3.22. The lowest BCUT2D eigenvalue weighted by atomic mass is 10.2. The van der Waals surface area contributed by atoms with Crippen molar-refractivity contribution in [3.05, 3.63) is 29.6 Å². The van der Waals surface area contributed by atoms with E-state index in [-0.39, 0.29) is 11.3 Å². The lowest BCUT2D eigenvalue weighted by Gasteiger charge is -2.10. The van der Waals surface area contributed by atoms with E-state index in [9.17, 15) is 14.0 Å². The van der Waals surface area contributed by atoms with Crippen LogP contribution >= 0.6 is 11.8 Å². The predicted molar refractivity (Wildman–Crippen MR) is 78.0 cm³/mol. The molecule has 1 aromatic carbocycles. The maximum Gasteiger partial charge on any atom is 0.337 e. The van der Waals surface area contributed by atoms with Crippen LogP contribution < -0.4 is 10.6 Å². The summed E-state index contributed by atoms with van der Waals surface area (Å²) in [5, 5.41) is 14.0. The van der Waals surface area contributed by atoms with Crippen LogP contribution in [-0.2, 0) is 0 Å². The minimum Gasteiger partial charge on any atom is -0.478 e. The van der Waals surface area contributed by atoms with Crippen LogP contribution in [0.1, 0.15) is 23.2 Å². The van der Waals surface area contributed by atoms with Crippen LogP contribution in [0.3, 0.4) is 0 Å². The highest BCUT2D eigenvalue weighted by molar-refractivity contribution is 7.98. The SMILES string of the molecule is CSCCCCNC(=O)Nc1ccc(F)cc1C(=O)O. The van der Waals surface area contributed by atoms with Crippen LogP contribution in [0.2, 0.25) is 0 Å². The normalized spacial score (nSPS) is 10.1. The van der Waals surface area contributed by atoms with E-state index < -0.39 is 17.8 Å². The van der Waals surface area contributed by atoms with Crippen molar-refractivity contribution < 1.29 is 19.1 Å². The van der Waals surface area contributed by atoms with E-state index in [0.717, 1.165) is 30.7 Å². The average molecular weight is 300 g/mol. The van der Waals surface area contributed by atoms with Gasteiger partial charge in [-0.3, -0.25) is 0 Å². The van der Waals surface area contributed by atoms with E-state index in [0.29, 0.717) is 6.54 Å².